The molecule has 13 heteroatoms. The van der Waals surface area contributed by atoms with Crippen LogP contribution in [0.5, 0.6) is 28.7 Å². The van der Waals surface area contributed by atoms with Crippen molar-refractivity contribution in [1.29, 1.82) is 0 Å². The van der Waals surface area contributed by atoms with Crippen molar-refractivity contribution in [1.82, 2.24) is 0 Å². The van der Waals surface area contributed by atoms with Gasteiger partial charge < -0.3 is 27.1 Å². The lowest BCUT2D eigenvalue weighted by molar-refractivity contribution is -0.870. The van der Waals surface area contributed by atoms with Crippen LogP contribution < -0.4 is 22.6 Å². The third-order valence-corrected chi connectivity index (χ3v) is 14.7. The number of para-hydroxylation sites is 5. The van der Waals surface area contributed by atoms with E-state index in [4.69, 9.17) is 40.7 Å². The summed E-state index contributed by atoms with van der Waals surface area (Å²) < 4.78 is 56.7. The van der Waals surface area contributed by atoms with Gasteiger partial charge in [-0.15, -0.1) is 9.03 Å². The fourth-order valence-corrected chi connectivity index (χ4v) is 13.4. The molecule has 1 aliphatic heterocycles. The molecule has 1 aliphatic rings. The molecule has 1 heterocycles. The predicted octanol–water partition coefficient (Wildman–Crippen LogP) is 11.0. The summed E-state index contributed by atoms with van der Waals surface area (Å²) in [6.45, 7) is 0.890. The van der Waals surface area contributed by atoms with E-state index in [-0.39, 0.29) is 6.61 Å². The molecule has 0 amide bonds. The van der Waals surface area contributed by atoms with Crippen molar-refractivity contribution in [2.45, 2.75) is 0 Å². The molecule has 0 spiro atoms. The first-order chi connectivity index (χ1) is 23.2. The monoisotopic (exact) mass is 703 g/mol. The van der Waals surface area contributed by atoms with Crippen molar-refractivity contribution in [3.8, 4) is 28.7 Å². The number of hydrogen-bond donors (Lipinski definition) is 0. The summed E-state index contributed by atoms with van der Waals surface area (Å²) in [5, 5.41) is 0. The third-order valence-electron chi connectivity index (χ3n) is 6.54. The molecule has 10 nitrogen and oxygen atoms in total. The molecule has 0 saturated carbocycles. The molecule has 1 unspecified atom stereocenters. The molecule has 1 atom stereocenters. The molecule has 48 heavy (non-hydrogen) atoms. The zero-order chi connectivity index (χ0) is 33.3. The minimum absolute atomic E-state index is 0.254. The lowest BCUT2D eigenvalue weighted by Gasteiger charge is -2.33. The highest BCUT2D eigenvalue weighted by molar-refractivity contribution is 7.79. The molecular formula is C35H38N4O6P3+. The van der Waals surface area contributed by atoms with Crippen molar-refractivity contribution in [2.75, 3.05) is 34.3 Å². The van der Waals surface area contributed by atoms with E-state index in [0.29, 0.717) is 39.8 Å². The van der Waals surface area contributed by atoms with Crippen LogP contribution in [0.15, 0.2) is 165 Å². The first-order valence-corrected chi connectivity index (χ1v) is 19.9. The van der Waals surface area contributed by atoms with E-state index < -0.39 is 23.0 Å². The smallest absolute Gasteiger partial charge is 0.422 e. The van der Waals surface area contributed by atoms with Crippen LogP contribution in [0, 0.1) is 0 Å². The van der Waals surface area contributed by atoms with Gasteiger partial charge in [-0.25, -0.2) is 0 Å². The highest BCUT2D eigenvalue weighted by Gasteiger charge is 2.48. The Hall–Kier alpha value is -4.29. The molecule has 0 bridgehead atoms. The first-order valence-electron chi connectivity index (χ1n) is 15.3. The zero-order valence-electron chi connectivity index (χ0n) is 26.9. The molecule has 0 aliphatic carbocycles. The molecule has 6 rings (SSSR count). The Labute approximate surface area is 282 Å². The molecule has 0 radical (unpaired) electrons. The van der Waals surface area contributed by atoms with Crippen molar-refractivity contribution in [2.24, 2.45) is 13.5 Å². The first kappa shape index (κ1) is 33.6. The normalized spacial score (nSPS) is 17.8. The largest absolute Gasteiger partial charge is 0.460 e. The molecule has 0 N–H and O–H groups in total. The summed E-state index contributed by atoms with van der Waals surface area (Å²) >= 11 is 0. The Morgan fingerprint density at radius 3 is 0.938 bits per heavy atom. The predicted molar refractivity (Wildman–Crippen MR) is 192 cm³/mol. The lowest BCUT2D eigenvalue weighted by Crippen LogP contribution is -2.37. The van der Waals surface area contributed by atoms with Crippen molar-refractivity contribution in [3.63, 3.8) is 0 Å². The van der Waals surface area contributed by atoms with Gasteiger partial charge in [-0.3, -0.25) is 4.52 Å². The SMILES string of the molecule is C[N+](C)(C)CCOP1(Oc2ccccc2)=NP(Oc2ccccc2)(Oc2ccccc2)=NP(Oc2ccccc2)(Oc2ccccc2)=N1. The number of rotatable bonds is 14. The van der Waals surface area contributed by atoms with Gasteiger partial charge in [0, 0.05) is 0 Å². The van der Waals surface area contributed by atoms with Gasteiger partial charge in [0.05, 0.1) is 21.1 Å². The van der Waals surface area contributed by atoms with E-state index >= 15 is 0 Å². The van der Waals surface area contributed by atoms with Gasteiger partial charge in [-0.2, -0.15) is 0 Å². The second-order valence-corrected chi connectivity index (χ2v) is 17.9. The Morgan fingerprint density at radius 2 is 0.646 bits per heavy atom. The van der Waals surface area contributed by atoms with Crippen molar-refractivity contribution in [3.05, 3.63) is 152 Å². The van der Waals surface area contributed by atoms with Gasteiger partial charge in [0.2, 0.25) is 0 Å². The lowest BCUT2D eigenvalue weighted by atomic mass is 10.3. The third kappa shape index (κ3) is 9.19. The van der Waals surface area contributed by atoms with Crippen LogP contribution in [-0.4, -0.2) is 38.8 Å². The van der Waals surface area contributed by atoms with Crippen LogP contribution in [0.4, 0.5) is 0 Å². The van der Waals surface area contributed by atoms with E-state index in [1.165, 1.54) is 0 Å². The summed E-state index contributed by atoms with van der Waals surface area (Å²) in [5.41, 5.74) is 0. The van der Waals surface area contributed by atoms with E-state index in [1.807, 2.05) is 152 Å². The second-order valence-electron chi connectivity index (χ2n) is 11.6. The van der Waals surface area contributed by atoms with E-state index in [1.54, 1.807) is 0 Å². The van der Waals surface area contributed by atoms with Gasteiger partial charge in [0.1, 0.15) is 41.9 Å². The van der Waals surface area contributed by atoms with Gasteiger partial charge in [-0.05, 0) is 60.7 Å². The Balaban J connectivity index is 1.66. The maximum absolute atomic E-state index is 6.75. The highest BCUT2D eigenvalue weighted by Crippen LogP contribution is 2.78. The second kappa shape index (κ2) is 14.9. The molecule has 0 aromatic heterocycles. The molecule has 5 aromatic rings. The summed E-state index contributed by atoms with van der Waals surface area (Å²) in [6, 6.07) is 46.4. The van der Waals surface area contributed by atoms with Crippen LogP contribution in [0.2, 0.25) is 0 Å². The van der Waals surface area contributed by atoms with Crippen LogP contribution in [0.3, 0.4) is 0 Å². The molecule has 0 saturated heterocycles. The fraction of sp³-hybridized carbons (Fsp3) is 0.143. The molecule has 248 valence electrons. The van der Waals surface area contributed by atoms with Crippen LogP contribution in [-0.2, 0) is 4.52 Å². The topological polar surface area (TPSA) is 92.5 Å². The number of likely N-dealkylation sites (N-methyl/N-ethyl adjacent to an activating group) is 1. The van der Waals surface area contributed by atoms with Crippen molar-refractivity contribution < 1.29 is 31.6 Å². The highest BCUT2D eigenvalue weighted by atomic mass is 31.3. The van der Waals surface area contributed by atoms with Crippen LogP contribution >= 0.6 is 23.0 Å². The van der Waals surface area contributed by atoms with Gasteiger partial charge >= 0.3 is 23.0 Å². The van der Waals surface area contributed by atoms with Crippen LogP contribution in [0.25, 0.3) is 0 Å². The van der Waals surface area contributed by atoms with Gasteiger partial charge in [-0.1, -0.05) is 95.5 Å². The number of hydrogen-bond acceptors (Lipinski definition) is 9. The summed E-state index contributed by atoms with van der Waals surface area (Å²) in [4.78, 5) is 0. The maximum atomic E-state index is 6.75. The number of benzene rings is 5. The van der Waals surface area contributed by atoms with E-state index in [9.17, 15) is 0 Å². The summed E-state index contributed by atoms with van der Waals surface area (Å²) in [7, 11) is -5.13. The van der Waals surface area contributed by atoms with E-state index in [0.717, 1.165) is 0 Å². The Morgan fingerprint density at radius 1 is 0.396 bits per heavy atom. The summed E-state index contributed by atoms with van der Waals surface area (Å²) in [6.07, 6.45) is 0. The molecule has 0 fully saturated rings. The Bertz CT molecular complexity index is 1770. The van der Waals surface area contributed by atoms with E-state index in [2.05, 4.69) is 21.1 Å². The van der Waals surface area contributed by atoms with Gasteiger partial charge in [0.15, 0.2) is 0 Å². The van der Waals surface area contributed by atoms with Crippen molar-refractivity contribution >= 4 is 23.0 Å². The Kier molecular flexibility index (Phi) is 10.4. The zero-order valence-corrected chi connectivity index (χ0v) is 29.6. The maximum Gasteiger partial charge on any atom is 0.460 e. The average molecular weight is 704 g/mol. The quantitative estimate of drug-likeness (QED) is 0.0844. The minimum Gasteiger partial charge on any atom is -0.422 e. The molecule has 5 aromatic carbocycles. The average Bonchev–Trinajstić information content (AvgIpc) is 3.06. The number of nitrogens with zero attached hydrogens (tertiary/aromatic N) is 4. The molecular weight excluding hydrogens is 665 g/mol. The standard InChI is InChI=1S/C35H38N4O6P3/c1-39(2,3)29-30-40-46(41-31-19-9-4-10-20-31)36-47(42-32-21-11-5-12-22-32,43-33-23-13-6-14-24-33)38-48(37-46,44-34-25-15-7-16-26-34)45-35-27-17-8-18-28-35/h4-28H,29-30H2,1-3H3/q+1. The van der Waals surface area contributed by atoms with Crippen LogP contribution in [0.1, 0.15) is 0 Å². The van der Waals surface area contributed by atoms with Gasteiger partial charge in [0.25, 0.3) is 0 Å². The summed E-state index contributed by atoms with van der Waals surface area (Å²) in [5.74, 6) is 2.44. The fourth-order valence-electron chi connectivity index (χ4n) is 4.31. The number of quaternary nitrogens is 1. The minimum atomic E-state index is -3.82.